The lowest BCUT2D eigenvalue weighted by Gasteiger charge is -2.12. The molecule has 0 saturated heterocycles. The molecule has 0 bridgehead atoms. The number of likely N-dealkylation sites (N-methyl/N-ethyl adjacent to an activating group) is 1. The lowest BCUT2D eigenvalue weighted by Crippen LogP contribution is -3.06. The number of hydrogen-bond acceptors (Lipinski definition) is 5. The Balaban J connectivity index is 1.83. The van der Waals surface area contributed by atoms with Crippen molar-refractivity contribution in [2.24, 2.45) is 0 Å². The number of benzene rings is 1. The number of quaternary nitrogens is 1. The molecule has 0 fully saturated rings. The zero-order valence-corrected chi connectivity index (χ0v) is 16.3. The molecule has 6 heteroatoms. The number of nitrogens with one attached hydrogen (secondary N) is 2. The van der Waals surface area contributed by atoms with Crippen molar-refractivity contribution in [3.8, 4) is 22.5 Å². The Labute approximate surface area is 162 Å². The highest BCUT2D eigenvalue weighted by Gasteiger charge is 2.16. The third-order valence-electron chi connectivity index (χ3n) is 4.36. The number of anilines is 1. The molecule has 136 valence electrons. The van der Waals surface area contributed by atoms with Crippen molar-refractivity contribution in [2.75, 3.05) is 32.5 Å². The molecule has 3 aromatic heterocycles. The van der Waals surface area contributed by atoms with Crippen molar-refractivity contribution in [3.63, 3.8) is 0 Å². The lowest BCUT2D eigenvalue weighted by molar-refractivity contribution is -0.856. The molecular formula is C21H22N5S+. The minimum atomic E-state index is 0.705. The summed E-state index contributed by atoms with van der Waals surface area (Å²) in [7, 11) is 4.30. The van der Waals surface area contributed by atoms with Crippen LogP contribution in [0.5, 0.6) is 0 Å². The van der Waals surface area contributed by atoms with E-state index in [1.807, 2.05) is 18.2 Å². The zero-order chi connectivity index (χ0) is 18.6. The summed E-state index contributed by atoms with van der Waals surface area (Å²) in [5.74, 6) is 1.59. The van der Waals surface area contributed by atoms with Crippen LogP contribution in [0.4, 0.5) is 5.82 Å². The summed E-state index contributed by atoms with van der Waals surface area (Å²) in [4.78, 5) is 16.3. The van der Waals surface area contributed by atoms with Gasteiger partial charge in [-0.15, -0.1) is 11.3 Å². The molecule has 27 heavy (non-hydrogen) atoms. The van der Waals surface area contributed by atoms with Gasteiger partial charge in [-0.1, -0.05) is 30.3 Å². The van der Waals surface area contributed by atoms with E-state index in [4.69, 9.17) is 9.97 Å². The van der Waals surface area contributed by atoms with Gasteiger partial charge in [0, 0.05) is 28.9 Å². The van der Waals surface area contributed by atoms with Crippen molar-refractivity contribution >= 4 is 27.4 Å². The third kappa shape index (κ3) is 3.82. The SMILES string of the molecule is C[NH+](C)CCNc1nc(-c2cccnc2)nc2scc(-c3ccccc3)c12. The number of hydrogen-bond donors (Lipinski definition) is 2. The highest BCUT2D eigenvalue weighted by Crippen LogP contribution is 2.37. The normalized spacial score (nSPS) is 11.2. The van der Waals surface area contributed by atoms with Gasteiger partial charge in [-0.3, -0.25) is 4.98 Å². The molecule has 4 rings (SSSR count). The summed E-state index contributed by atoms with van der Waals surface area (Å²) in [6, 6.07) is 14.3. The Hall–Kier alpha value is -2.83. The summed E-state index contributed by atoms with van der Waals surface area (Å²) in [5.41, 5.74) is 3.28. The van der Waals surface area contributed by atoms with Crippen molar-refractivity contribution in [3.05, 3.63) is 60.2 Å². The molecule has 0 saturated carbocycles. The van der Waals surface area contributed by atoms with Gasteiger partial charge >= 0.3 is 0 Å². The van der Waals surface area contributed by atoms with Gasteiger partial charge in [0.05, 0.1) is 32.6 Å². The van der Waals surface area contributed by atoms with E-state index in [-0.39, 0.29) is 0 Å². The Morgan fingerprint density at radius 3 is 2.56 bits per heavy atom. The van der Waals surface area contributed by atoms with Gasteiger partial charge in [-0.25, -0.2) is 9.97 Å². The molecule has 0 atom stereocenters. The van der Waals surface area contributed by atoms with Crippen LogP contribution in [0.15, 0.2) is 60.2 Å². The largest absolute Gasteiger partial charge is 0.364 e. The fraction of sp³-hybridized carbons (Fsp3) is 0.190. The summed E-state index contributed by atoms with van der Waals surface area (Å²) < 4.78 is 0. The van der Waals surface area contributed by atoms with E-state index in [2.05, 4.69) is 54.0 Å². The monoisotopic (exact) mass is 376 g/mol. The molecule has 0 aliphatic carbocycles. The maximum absolute atomic E-state index is 4.86. The standard InChI is InChI=1S/C21H21N5S/c1-26(2)12-11-23-20-18-17(15-7-4-3-5-8-15)14-27-21(18)25-19(24-20)16-9-6-10-22-13-16/h3-10,13-14H,11-12H2,1-2H3,(H,23,24,25)/p+1. The van der Waals surface area contributed by atoms with Crippen LogP contribution in [0, 0.1) is 0 Å². The molecule has 0 aliphatic heterocycles. The Morgan fingerprint density at radius 2 is 1.81 bits per heavy atom. The second-order valence-corrected chi connectivity index (χ2v) is 7.58. The van der Waals surface area contributed by atoms with E-state index in [1.165, 1.54) is 16.0 Å². The second-order valence-electron chi connectivity index (χ2n) is 6.72. The van der Waals surface area contributed by atoms with Crippen molar-refractivity contribution in [2.45, 2.75) is 0 Å². The zero-order valence-electron chi connectivity index (χ0n) is 15.4. The average molecular weight is 377 g/mol. The van der Waals surface area contributed by atoms with Crippen LogP contribution in [0.3, 0.4) is 0 Å². The predicted octanol–water partition coefficient (Wildman–Crippen LogP) is 2.98. The fourth-order valence-electron chi connectivity index (χ4n) is 2.95. The van der Waals surface area contributed by atoms with Crippen LogP contribution in [-0.2, 0) is 0 Å². The Kier molecular flexibility index (Phi) is 5.09. The van der Waals surface area contributed by atoms with Crippen molar-refractivity contribution in [1.82, 2.24) is 15.0 Å². The van der Waals surface area contributed by atoms with E-state index in [0.29, 0.717) is 5.82 Å². The quantitative estimate of drug-likeness (QED) is 0.543. The Bertz CT molecular complexity index is 1030. The minimum absolute atomic E-state index is 0.705. The van der Waals surface area contributed by atoms with Crippen LogP contribution in [0.25, 0.3) is 32.7 Å². The molecule has 5 nitrogen and oxygen atoms in total. The third-order valence-corrected chi connectivity index (χ3v) is 5.23. The van der Waals surface area contributed by atoms with Crippen LogP contribution in [-0.4, -0.2) is 42.1 Å². The molecule has 0 spiro atoms. The molecule has 3 heterocycles. The van der Waals surface area contributed by atoms with Gasteiger partial charge in [-0.05, 0) is 17.7 Å². The van der Waals surface area contributed by atoms with E-state index < -0.39 is 0 Å². The van der Waals surface area contributed by atoms with Crippen LogP contribution in [0.1, 0.15) is 0 Å². The van der Waals surface area contributed by atoms with E-state index in [0.717, 1.165) is 34.7 Å². The highest BCUT2D eigenvalue weighted by molar-refractivity contribution is 7.17. The second kappa shape index (κ2) is 7.82. The van der Waals surface area contributed by atoms with Gasteiger partial charge in [0.25, 0.3) is 0 Å². The summed E-state index contributed by atoms with van der Waals surface area (Å²) in [6.07, 6.45) is 3.57. The number of fused-ring (bicyclic) bond motifs is 1. The van der Waals surface area contributed by atoms with Crippen LogP contribution in [0.2, 0.25) is 0 Å². The van der Waals surface area contributed by atoms with Gasteiger partial charge in [0.2, 0.25) is 0 Å². The molecule has 0 amide bonds. The van der Waals surface area contributed by atoms with E-state index >= 15 is 0 Å². The molecule has 1 aromatic carbocycles. The minimum Gasteiger partial charge on any atom is -0.364 e. The average Bonchev–Trinajstić information content (AvgIpc) is 3.13. The first-order chi connectivity index (χ1) is 13.2. The molecule has 0 radical (unpaired) electrons. The van der Waals surface area contributed by atoms with Gasteiger partial charge in [-0.2, -0.15) is 0 Å². The summed E-state index contributed by atoms with van der Waals surface area (Å²) in [5, 5.41) is 6.80. The maximum Gasteiger partial charge on any atom is 0.164 e. The number of aromatic nitrogens is 3. The first-order valence-corrected chi connectivity index (χ1v) is 9.88. The lowest BCUT2D eigenvalue weighted by atomic mass is 10.1. The predicted molar refractivity (Wildman–Crippen MR) is 112 cm³/mol. The van der Waals surface area contributed by atoms with E-state index in [9.17, 15) is 0 Å². The number of pyridine rings is 1. The van der Waals surface area contributed by atoms with Crippen LogP contribution >= 0.6 is 11.3 Å². The molecular weight excluding hydrogens is 354 g/mol. The Morgan fingerprint density at radius 1 is 1.00 bits per heavy atom. The molecule has 0 unspecified atom stereocenters. The molecule has 0 aliphatic rings. The smallest absolute Gasteiger partial charge is 0.164 e. The van der Waals surface area contributed by atoms with Gasteiger partial charge in [0.1, 0.15) is 10.6 Å². The maximum atomic E-state index is 4.86. The molecule has 2 N–H and O–H groups in total. The highest BCUT2D eigenvalue weighted by atomic mass is 32.1. The molecule has 4 aromatic rings. The topological polar surface area (TPSA) is 55.1 Å². The van der Waals surface area contributed by atoms with Gasteiger partial charge in [0.15, 0.2) is 5.82 Å². The fourth-order valence-corrected chi connectivity index (χ4v) is 3.90. The first-order valence-electron chi connectivity index (χ1n) is 9.00. The number of nitrogens with zero attached hydrogens (tertiary/aromatic N) is 3. The van der Waals surface area contributed by atoms with Crippen molar-refractivity contribution < 1.29 is 4.90 Å². The van der Waals surface area contributed by atoms with E-state index in [1.54, 1.807) is 23.7 Å². The summed E-state index contributed by atoms with van der Waals surface area (Å²) >= 11 is 1.65. The first kappa shape index (κ1) is 17.6. The number of thiophene rings is 1. The number of rotatable bonds is 6. The van der Waals surface area contributed by atoms with Gasteiger partial charge < -0.3 is 10.2 Å². The van der Waals surface area contributed by atoms with Crippen LogP contribution < -0.4 is 10.2 Å². The summed E-state index contributed by atoms with van der Waals surface area (Å²) in [6.45, 7) is 1.86. The van der Waals surface area contributed by atoms with Crippen molar-refractivity contribution in [1.29, 1.82) is 0 Å².